The molecule has 1 aromatic carbocycles. The number of carbonyl (C=O) groups is 1. The number of methoxy groups -OCH3 is 1. The fourth-order valence-corrected chi connectivity index (χ4v) is 3.94. The molecule has 1 N–H and O–H groups in total. The zero-order valence-electron chi connectivity index (χ0n) is 12.0. The van der Waals surface area contributed by atoms with Gasteiger partial charge in [-0.15, -0.1) is 0 Å². The van der Waals surface area contributed by atoms with Crippen molar-refractivity contribution < 1.29 is 17.9 Å². The maximum Gasteiger partial charge on any atom is 0.407 e. The zero-order valence-corrected chi connectivity index (χ0v) is 12.8. The molecule has 0 saturated carbocycles. The Morgan fingerprint density at radius 3 is 2.48 bits per heavy atom. The highest BCUT2D eigenvalue weighted by Crippen LogP contribution is 2.17. The Kier molecular flexibility index (Phi) is 5.19. The molecule has 7 heteroatoms. The second kappa shape index (κ2) is 6.91. The molecule has 0 unspecified atom stereocenters. The molecule has 116 valence electrons. The molecule has 2 rings (SSSR count). The van der Waals surface area contributed by atoms with Gasteiger partial charge in [-0.2, -0.15) is 0 Å². The molecule has 1 saturated heterocycles. The molecule has 1 fully saturated rings. The third-order valence-corrected chi connectivity index (χ3v) is 5.40. The van der Waals surface area contributed by atoms with Crippen LogP contribution in [0.2, 0.25) is 0 Å². The zero-order chi connectivity index (χ0) is 15.3. The van der Waals surface area contributed by atoms with Gasteiger partial charge in [-0.1, -0.05) is 30.3 Å². The van der Waals surface area contributed by atoms with E-state index in [9.17, 15) is 13.2 Å². The van der Waals surface area contributed by atoms with Crippen LogP contribution < -0.4 is 5.32 Å². The van der Waals surface area contributed by atoms with Crippen molar-refractivity contribution in [2.45, 2.75) is 24.6 Å². The lowest BCUT2D eigenvalue weighted by Crippen LogP contribution is -2.46. The molecule has 1 heterocycles. The number of ether oxygens (including phenoxy) is 1. The van der Waals surface area contributed by atoms with Gasteiger partial charge in [0.25, 0.3) is 0 Å². The number of rotatable bonds is 4. The molecular formula is C14H20N2O4S. The molecular weight excluding hydrogens is 292 g/mol. The molecule has 1 aliphatic heterocycles. The smallest absolute Gasteiger partial charge is 0.407 e. The first-order valence-corrected chi connectivity index (χ1v) is 8.48. The lowest BCUT2D eigenvalue weighted by atomic mass is 10.1. The van der Waals surface area contributed by atoms with E-state index in [1.165, 1.54) is 11.4 Å². The molecule has 6 nitrogen and oxygen atoms in total. The van der Waals surface area contributed by atoms with Gasteiger partial charge in [-0.05, 0) is 18.4 Å². The second-order valence-electron chi connectivity index (χ2n) is 5.05. The van der Waals surface area contributed by atoms with Crippen molar-refractivity contribution in [1.29, 1.82) is 0 Å². The second-order valence-corrected chi connectivity index (χ2v) is 7.02. The van der Waals surface area contributed by atoms with Gasteiger partial charge in [-0.25, -0.2) is 17.5 Å². The third kappa shape index (κ3) is 4.44. The monoisotopic (exact) mass is 312 g/mol. The average Bonchev–Trinajstić information content (AvgIpc) is 2.48. The molecule has 0 radical (unpaired) electrons. The molecule has 1 amide bonds. The maximum absolute atomic E-state index is 12.4. The van der Waals surface area contributed by atoms with E-state index < -0.39 is 16.1 Å². The van der Waals surface area contributed by atoms with Crippen molar-refractivity contribution >= 4 is 16.1 Å². The molecule has 0 bridgehead atoms. The Morgan fingerprint density at radius 2 is 1.90 bits per heavy atom. The fraction of sp³-hybridized carbons (Fsp3) is 0.500. The maximum atomic E-state index is 12.4. The van der Waals surface area contributed by atoms with Crippen LogP contribution in [0.25, 0.3) is 0 Å². The highest BCUT2D eigenvalue weighted by atomic mass is 32.2. The summed E-state index contributed by atoms with van der Waals surface area (Å²) in [5.41, 5.74) is 0.785. The van der Waals surface area contributed by atoms with Gasteiger partial charge in [0.15, 0.2) is 0 Å². The fourth-order valence-electron chi connectivity index (χ4n) is 2.38. The van der Waals surface area contributed by atoms with Gasteiger partial charge in [0.1, 0.15) is 0 Å². The van der Waals surface area contributed by atoms with Gasteiger partial charge in [0, 0.05) is 19.1 Å². The summed E-state index contributed by atoms with van der Waals surface area (Å²) in [5.74, 6) is 0.0168. The van der Waals surface area contributed by atoms with Crippen LogP contribution in [0, 0.1) is 0 Å². The van der Waals surface area contributed by atoms with E-state index in [2.05, 4.69) is 10.1 Å². The summed E-state index contributed by atoms with van der Waals surface area (Å²) in [7, 11) is -1.99. The Hall–Kier alpha value is -1.60. The van der Waals surface area contributed by atoms with E-state index in [1.807, 2.05) is 30.3 Å². The lowest BCUT2D eigenvalue weighted by Gasteiger charge is -2.31. The first kappa shape index (κ1) is 15.8. The van der Waals surface area contributed by atoms with Crippen LogP contribution in [-0.2, 0) is 20.5 Å². The highest BCUT2D eigenvalue weighted by Gasteiger charge is 2.28. The van der Waals surface area contributed by atoms with Gasteiger partial charge in [0.05, 0.1) is 12.9 Å². The molecule has 1 aromatic rings. The minimum Gasteiger partial charge on any atom is -0.453 e. The third-order valence-electron chi connectivity index (χ3n) is 3.55. The van der Waals surface area contributed by atoms with Crippen LogP contribution in [0.1, 0.15) is 18.4 Å². The number of hydrogen-bond donors (Lipinski definition) is 1. The molecule has 0 aliphatic carbocycles. The predicted molar refractivity (Wildman–Crippen MR) is 79.2 cm³/mol. The van der Waals surface area contributed by atoms with Crippen molar-refractivity contribution in [3.63, 3.8) is 0 Å². The van der Waals surface area contributed by atoms with Gasteiger partial charge in [-0.3, -0.25) is 0 Å². The van der Waals surface area contributed by atoms with Crippen LogP contribution in [0.15, 0.2) is 30.3 Å². The van der Waals surface area contributed by atoms with Gasteiger partial charge >= 0.3 is 6.09 Å². The molecule has 0 spiro atoms. The minimum atomic E-state index is -3.30. The van der Waals surface area contributed by atoms with Crippen LogP contribution in [-0.4, -0.2) is 45.1 Å². The van der Waals surface area contributed by atoms with Crippen LogP contribution in [0.5, 0.6) is 0 Å². The number of amides is 1. The minimum absolute atomic E-state index is 0.0168. The van der Waals surface area contributed by atoms with Crippen molar-refractivity contribution in [1.82, 2.24) is 9.62 Å². The normalized spacial score (nSPS) is 17.4. The Balaban J connectivity index is 1.90. The Morgan fingerprint density at radius 1 is 1.29 bits per heavy atom. The average molecular weight is 312 g/mol. The van der Waals surface area contributed by atoms with Crippen molar-refractivity contribution in [3.05, 3.63) is 35.9 Å². The summed E-state index contributed by atoms with van der Waals surface area (Å²) in [6.07, 6.45) is 0.729. The van der Waals surface area contributed by atoms with E-state index in [1.54, 1.807) is 0 Å². The van der Waals surface area contributed by atoms with E-state index in [-0.39, 0.29) is 11.8 Å². The predicted octanol–water partition coefficient (Wildman–Crippen LogP) is 1.34. The van der Waals surface area contributed by atoms with E-state index in [0.717, 1.165) is 5.56 Å². The van der Waals surface area contributed by atoms with Crippen LogP contribution in [0.3, 0.4) is 0 Å². The Bertz CT molecular complexity index is 566. The van der Waals surface area contributed by atoms with Gasteiger partial charge < -0.3 is 10.1 Å². The molecule has 1 aliphatic rings. The van der Waals surface area contributed by atoms with Crippen LogP contribution >= 0.6 is 0 Å². The molecule has 0 atom stereocenters. The van der Waals surface area contributed by atoms with Crippen molar-refractivity contribution in [3.8, 4) is 0 Å². The first-order chi connectivity index (χ1) is 10.0. The quantitative estimate of drug-likeness (QED) is 0.910. The number of sulfonamides is 1. The summed E-state index contributed by atoms with van der Waals surface area (Å²) in [4.78, 5) is 11.1. The molecule has 0 aromatic heterocycles. The number of piperidine rings is 1. The number of benzene rings is 1. The summed E-state index contributed by atoms with van der Waals surface area (Å²) in [6.45, 7) is 0.841. The lowest BCUT2D eigenvalue weighted by molar-refractivity contribution is 0.161. The number of nitrogens with zero attached hydrogens (tertiary/aromatic N) is 1. The topological polar surface area (TPSA) is 75.7 Å². The van der Waals surface area contributed by atoms with Crippen molar-refractivity contribution in [2.75, 3.05) is 20.2 Å². The van der Waals surface area contributed by atoms with Crippen molar-refractivity contribution in [2.24, 2.45) is 0 Å². The van der Waals surface area contributed by atoms with E-state index >= 15 is 0 Å². The number of carbonyl (C=O) groups excluding carboxylic acids is 1. The standard InChI is InChI=1S/C14H20N2O4S/c1-20-14(17)15-13-7-9-16(10-8-13)21(18,19)11-12-5-3-2-4-6-12/h2-6,13H,7-11H2,1H3,(H,15,17). The number of hydrogen-bond acceptors (Lipinski definition) is 4. The van der Waals surface area contributed by atoms with Gasteiger partial charge in [0.2, 0.25) is 10.0 Å². The first-order valence-electron chi connectivity index (χ1n) is 6.87. The SMILES string of the molecule is COC(=O)NC1CCN(S(=O)(=O)Cc2ccccc2)CC1. The van der Waals surface area contributed by atoms with E-state index in [4.69, 9.17) is 0 Å². The summed E-state index contributed by atoms with van der Waals surface area (Å²) in [5, 5.41) is 2.71. The number of nitrogens with one attached hydrogen (secondary N) is 1. The molecule has 21 heavy (non-hydrogen) atoms. The summed E-state index contributed by atoms with van der Waals surface area (Å²) >= 11 is 0. The highest BCUT2D eigenvalue weighted by molar-refractivity contribution is 7.88. The number of alkyl carbamates (subject to hydrolysis) is 1. The Labute approximate surface area is 125 Å². The van der Waals surface area contributed by atoms with Crippen LogP contribution in [0.4, 0.5) is 4.79 Å². The summed E-state index contributed by atoms with van der Waals surface area (Å²) < 4.78 is 30.7. The largest absolute Gasteiger partial charge is 0.453 e. The summed E-state index contributed by atoms with van der Waals surface area (Å²) in [6, 6.07) is 9.11. The van der Waals surface area contributed by atoms with E-state index in [0.29, 0.717) is 25.9 Å².